The standard InChI is InChI=1S/C18H11N4O9P/c23-19(24)14-11-15(17(21(27)28)18(22(29)30)16(14)20(25)26)32(31,12-7-3-1-4-8-12)13-9-5-2-6-10-13/h1-11H. The molecule has 0 amide bonds. The third-order valence-electron chi connectivity index (χ3n) is 4.53. The van der Waals surface area contributed by atoms with Crippen LogP contribution in [-0.2, 0) is 4.57 Å². The molecule has 3 aromatic rings. The lowest BCUT2D eigenvalue weighted by atomic mass is 10.2. The molecule has 0 radical (unpaired) electrons. The van der Waals surface area contributed by atoms with Gasteiger partial charge in [-0.15, -0.1) is 0 Å². The predicted octanol–water partition coefficient (Wildman–Crippen LogP) is 2.96. The molecule has 32 heavy (non-hydrogen) atoms. The normalized spacial score (nSPS) is 11.0. The summed E-state index contributed by atoms with van der Waals surface area (Å²) in [7, 11) is -4.32. The lowest BCUT2D eigenvalue weighted by Gasteiger charge is -2.19. The summed E-state index contributed by atoms with van der Waals surface area (Å²) < 4.78 is 14.5. The second-order valence-electron chi connectivity index (χ2n) is 6.27. The first-order valence-corrected chi connectivity index (χ1v) is 10.3. The first-order valence-electron chi connectivity index (χ1n) is 8.61. The molecule has 3 aromatic carbocycles. The molecule has 13 nitrogen and oxygen atoms in total. The van der Waals surface area contributed by atoms with Gasteiger partial charge in [-0.1, -0.05) is 60.7 Å². The maximum Gasteiger partial charge on any atom is 0.430 e. The molecule has 0 bridgehead atoms. The van der Waals surface area contributed by atoms with Gasteiger partial charge < -0.3 is 4.57 Å². The van der Waals surface area contributed by atoms with Crippen molar-refractivity contribution in [3.63, 3.8) is 0 Å². The van der Waals surface area contributed by atoms with E-state index >= 15 is 0 Å². The Morgan fingerprint density at radius 3 is 1.31 bits per heavy atom. The number of nitro benzene ring substituents is 4. The minimum Gasteiger partial charge on any atom is -0.308 e. The summed E-state index contributed by atoms with van der Waals surface area (Å²) in [6.07, 6.45) is 0. The molecular weight excluding hydrogens is 447 g/mol. The van der Waals surface area contributed by atoms with E-state index in [1.807, 2.05) is 0 Å². The summed E-state index contributed by atoms with van der Waals surface area (Å²) in [5.41, 5.74) is -6.20. The number of nitrogens with zero attached hydrogens (tertiary/aromatic N) is 4. The van der Waals surface area contributed by atoms with Gasteiger partial charge in [0.15, 0.2) is 7.14 Å². The smallest absolute Gasteiger partial charge is 0.308 e. The Bertz CT molecular complexity index is 1270. The maximum atomic E-state index is 14.5. The zero-order chi connectivity index (χ0) is 23.6. The van der Waals surface area contributed by atoms with Crippen LogP contribution in [0.2, 0.25) is 0 Å². The van der Waals surface area contributed by atoms with E-state index in [9.17, 15) is 45.0 Å². The molecule has 0 aromatic heterocycles. The van der Waals surface area contributed by atoms with Gasteiger partial charge in [0.25, 0.3) is 0 Å². The van der Waals surface area contributed by atoms with Crippen LogP contribution in [0.4, 0.5) is 22.7 Å². The fourth-order valence-corrected chi connectivity index (χ4v) is 6.06. The van der Waals surface area contributed by atoms with Crippen LogP contribution in [0.5, 0.6) is 0 Å². The molecular formula is C18H11N4O9P. The summed E-state index contributed by atoms with van der Waals surface area (Å²) in [5.74, 6) is 0. The molecule has 0 N–H and O–H groups in total. The molecule has 0 unspecified atom stereocenters. The van der Waals surface area contributed by atoms with Gasteiger partial charge in [0, 0.05) is 16.7 Å². The van der Waals surface area contributed by atoms with Crippen molar-refractivity contribution in [2.75, 3.05) is 0 Å². The van der Waals surface area contributed by atoms with E-state index in [-0.39, 0.29) is 10.6 Å². The first kappa shape index (κ1) is 22.2. The topological polar surface area (TPSA) is 190 Å². The lowest BCUT2D eigenvalue weighted by Crippen LogP contribution is -2.28. The second-order valence-corrected chi connectivity index (χ2v) is 9.00. The maximum absolute atomic E-state index is 14.5. The van der Waals surface area contributed by atoms with E-state index in [4.69, 9.17) is 0 Å². The van der Waals surface area contributed by atoms with Gasteiger partial charge in [0.2, 0.25) is 0 Å². The highest BCUT2D eigenvalue weighted by molar-refractivity contribution is 7.85. The number of rotatable bonds is 7. The number of benzene rings is 3. The zero-order valence-electron chi connectivity index (χ0n) is 15.8. The Morgan fingerprint density at radius 1 is 0.562 bits per heavy atom. The molecule has 0 aliphatic heterocycles. The highest BCUT2D eigenvalue weighted by atomic mass is 31.2. The van der Waals surface area contributed by atoms with Crippen molar-refractivity contribution in [1.29, 1.82) is 0 Å². The minimum atomic E-state index is -4.32. The Morgan fingerprint density at radius 2 is 0.969 bits per heavy atom. The predicted molar refractivity (Wildman–Crippen MR) is 112 cm³/mol. The first-order chi connectivity index (χ1) is 15.1. The molecule has 0 aliphatic rings. The van der Waals surface area contributed by atoms with Gasteiger partial charge in [-0.05, 0) is 0 Å². The average Bonchev–Trinajstić information content (AvgIpc) is 2.77. The highest BCUT2D eigenvalue weighted by Crippen LogP contribution is 2.51. The summed E-state index contributed by atoms with van der Waals surface area (Å²) in [5, 5.41) is 45.7. The molecule has 0 saturated carbocycles. The van der Waals surface area contributed by atoms with Gasteiger partial charge in [-0.3, -0.25) is 40.5 Å². The van der Waals surface area contributed by atoms with Crippen molar-refractivity contribution in [3.05, 3.63) is 107 Å². The Labute approximate surface area is 177 Å². The van der Waals surface area contributed by atoms with Crippen LogP contribution in [0.15, 0.2) is 66.7 Å². The summed E-state index contributed by atoms with van der Waals surface area (Å²) >= 11 is 0. The van der Waals surface area contributed by atoms with E-state index in [1.54, 1.807) is 12.1 Å². The summed E-state index contributed by atoms with van der Waals surface area (Å²) in [4.78, 5) is 41.1. The van der Waals surface area contributed by atoms with Crippen molar-refractivity contribution < 1.29 is 24.3 Å². The Hall–Kier alpha value is -4.51. The molecule has 0 heterocycles. The largest absolute Gasteiger partial charge is 0.430 e. The van der Waals surface area contributed by atoms with Crippen LogP contribution in [0.1, 0.15) is 0 Å². The van der Waals surface area contributed by atoms with Crippen LogP contribution in [0.3, 0.4) is 0 Å². The van der Waals surface area contributed by atoms with E-state index in [2.05, 4.69) is 0 Å². The lowest BCUT2D eigenvalue weighted by molar-refractivity contribution is -0.451. The van der Waals surface area contributed by atoms with Crippen molar-refractivity contribution in [2.24, 2.45) is 0 Å². The monoisotopic (exact) mass is 458 g/mol. The van der Waals surface area contributed by atoms with Gasteiger partial charge >= 0.3 is 22.7 Å². The van der Waals surface area contributed by atoms with Crippen molar-refractivity contribution in [2.45, 2.75) is 0 Å². The van der Waals surface area contributed by atoms with E-state index in [1.165, 1.54) is 48.5 Å². The number of hydrogen-bond donors (Lipinski definition) is 0. The Balaban J connectivity index is 2.63. The van der Waals surface area contributed by atoms with E-state index in [0.717, 1.165) is 0 Å². The molecule has 0 aliphatic carbocycles. The zero-order valence-corrected chi connectivity index (χ0v) is 16.7. The molecule has 3 rings (SSSR count). The number of nitro groups is 4. The van der Waals surface area contributed by atoms with Crippen LogP contribution in [0.25, 0.3) is 0 Å². The van der Waals surface area contributed by atoms with Gasteiger partial charge in [-0.25, -0.2) is 0 Å². The van der Waals surface area contributed by atoms with E-state index < -0.39 is 54.9 Å². The molecule has 0 saturated heterocycles. The van der Waals surface area contributed by atoms with Crippen LogP contribution in [0, 0.1) is 40.5 Å². The average molecular weight is 458 g/mol. The van der Waals surface area contributed by atoms with Crippen molar-refractivity contribution in [1.82, 2.24) is 0 Å². The third-order valence-corrected chi connectivity index (χ3v) is 7.60. The van der Waals surface area contributed by atoms with Crippen LogP contribution < -0.4 is 15.9 Å². The fraction of sp³-hybridized carbons (Fsp3) is 0. The van der Waals surface area contributed by atoms with Crippen LogP contribution >= 0.6 is 7.14 Å². The van der Waals surface area contributed by atoms with Crippen LogP contribution in [-0.4, -0.2) is 19.7 Å². The quantitative estimate of drug-likeness (QED) is 0.291. The fourth-order valence-electron chi connectivity index (χ4n) is 3.24. The second kappa shape index (κ2) is 8.32. The molecule has 0 spiro atoms. The van der Waals surface area contributed by atoms with Crippen molar-refractivity contribution in [3.8, 4) is 0 Å². The number of hydrogen-bond acceptors (Lipinski definition) is 9. The SMILES string of the molecule is O=[N+]([O-])c1cc(P(=O)(c2ccccc2)c2ccccc2)c([N+](=O)[O-])c([N+](=O)[O-])c1[N+](=O)[O-]. The molecule has 0 fully saturated rings. The van der Waals surface area contributed by atoms with E-state index in [0.29, 0.717) is 6.07 Å². The Kier molecular flexibility index (Phi) is 5.77. The molecule has 162 valence electrons. The molecule has 0 atom stereocenters. The molecule has 14 heteroatoms. The minimum absolute atomic E-state index is 0.00764. The summed E-state index contributed by atoms with van der Waals surface area (Å²) in [6.45, 7) is 0. The van der Waals surface area contributed by atoms with Crippen molar-refractivity contribution >= 4 is 45.8 Å². The summed E-state index contributed by atoms with van der Waals surface area (Å²) in [6, 6.07) is 14.8. The van der Waals surface area contributed by atoms with Gasteiger partial charge in [-0.2, -0.15) is 0 Å². The van der Waals surface area contributed by atoms with Gasteiger partial charge in [0.05, 0.1) is 19.7 Å². The highest BCUT2D eigenvalue weighted by Gasteiger charge is 2.51. The van der Waals surface area contributed by atoms with Gasteiger partial charge in [0.1, 0.15) is 5.30 Å². The third kappa shape index (κ3) is 3.56.